The number of aryl methyl sites for hydroxylation is 1. The number of alkyl halides is 2. The summed E-state index contributed by atoms with van der Waals surface area (Å²) in [5.41, 5.74) is 8.17. The van der Waals surface area contributed by atoms with Crippen molar-refractivity contribution in [1.82, 2.24) is 14.3 Å². The largest absolute Gasteiger partial charge is 0.417 e. The molecular formula is C15H14F2N4O. The molecule has 0 fully saturated rings. The van der Waals surface area contributed by atoms with Crippen LogP contribution in [0.25, 0.3) is 16.9 Å². The summed E-state index contributed by atoms with van der Waals surface area (Å²) in [7, 11) is 1.87. The van der Waals surface area contributed by atoms with Gasteiger partial charge in [-0.2, -0.15) is 13.9 Å². The molecule has 0 saturated heterocycles. The summed E-state index contributed by atoms with van der Waals surface area (Å²) in [6, 6.07) is 10.1. The normalized spacial score (nSPS) is 11.1. The summed E-state index contributed by atoms with van der Waals surface area (Å²) >= 11 is 0. The highest BCUT2D eigenvalue weighted by Crippen LogP contribution is 2.27. The fourth-order valence-corrected chi connectivity index (χ4v) is 2.14. The third-order valence-corrected chi connectivity index (χ3v) is 3.15. The van der Waals surface area contributed by atoms with Gasteiger partial charge in [0.15, 0.2) is 0 Å². The van der Waals surface area contributed by atoms with Crippen LogP contribution in [0.1, 0.15) is 0 Å². The van der Waals surface area contributed by atoms with Crippen LogP contribution in [0, 0.1) is 0 Å². The Morgan fingerprint density at radius 2 is 1.91 bits per heavy atom. The Morgan fingerprint density at radius 3 is 2.50 bits per heavy atom. The van der Waals surface area contributed by atoms with Gasteiger partial charge in [0.05, 0.1) is 11.4 Å². The summed E-state index contributed by atoms with van der Waals surface area (Å²) in [4.78, 5) is 0. The molecule has 0 saturated carbocycles. The lowest BCUT2D eigenvalue weighted by molar-refractivity contribution is -0.0544. The number of nitrogens with two attached hydrogens (primary N) is 1. The van der Waals surface area contributed by atoms with Crippen LogP contribution < -0.4 is 10.5 Å². The van der Waals surface area contributed by atoms with Crippen molar-refractivity contribution < 1.29 is 13.5 Å². The van der Waals surface area contributed by atoms with Crippen LogP contribution in [0.5, 0.6) is 5.88 Å². The fraction of sp³-hybridized carbons (Fsp3) is 0.133. The molecule has 1 aromatic carbocycles. The zero-order chi connectivity index (χ0) is 15.7. The predicted octanol–water partition coefficient (Wildman–Crippen LogP) is 3.06. The van der Waals surface area contributed by atoms with E-state index in [1.807, 2.05) is 30.1 Å². The molecule has 2 heterocycles. The number of aromatic nitrogens is 3. The van der Waals surface area contributed by atoms with E-state index >= 15 is 0 Å². The van der Waals surface area contributed by atoms with E-state index in [1.165, 1.54) is 10.7 Å². The molecule has 0 bridgehead atoms. The van der Waals surface area contributed by atoms with E-state index in [2.05, 4.69) is 9.84 Å². The first-order valence-corrected chi connectivity index (χ1v) is 6.56. The lowest BCUT2D eigenvalue weighted by atomic mass is 10.2. The van der Waals surface area contributed by atoms with Crippen LogP contribution in [-0.2, 0) is 7.05 Å². The second-order valence-electron chi connectivity index (χ2n) is 4.82. The number of halogens is 2. The SMILES string of the molecule is Cn1ccc(-c2cc(OC(F)F)n(-c3ccc(N)cc3)n2)c1. The number of nitrogens with zero attached hydrogens (tertiary/aromatic N) is 3. The van der Waals surface area contributed by atoms with Gasteiger partial charge in [0.1, 0.15) is 0 Å². The van der Waals surface area contributed by atoms with Gasteiger partial charge in [-0.25, -0.2) is 4.68 Å². The van der Waals surface area contributed by atoms with E-state index in [-0.39, 0.29) is 5.88 Å². The molecule has 3 aromatic rings. The molecule has 0 unspecified atom stereocenters. The second kappa shape index (κ2) is 5.51. The minimum Gasteiger partial charge on any atom is -0.417 e. The maximum Gasteiger partial charge on any atom is 0.388 e. The highest BCUT2D eigenvalue weighted by molar-refractivity contribution is 5.60. The monoisotopic (exact) mass is 304 g/mol. The van der Waals surface area contributed by atoms with E-state index in [0.29, 0.717) is 17.1 Å². The van der Waals surface area contributed by atoms with Crippen LogP contribution in [0.4, 0.5) is 14.5 Å². The minimum atomic E-state index is -2.92. The van der Waals surface area contributed by atoms with E-state index in [0.717, 1.165) is 5.56 Å². The number of nitrogen functional groups attached to an aromatic ring is 1. The molecule has 0 aliphatic heterocycles. The average molecular weight is 304 g/mol. The van der Waals surface area contributed by atoms with Crippen molar-refractivity contribution in [2.24, 2.45) is 7.05 Å². The van der Waals surface area contributed by atoms with Crippen molar-refractivity contribution in [3.8, 4) is 22.8 Å². The summed E-state index contributed by atoms with van der Waals surface area (Å²) in [6.45, 7) is -2.92. The molecule has 5 nitrogen and oxygen atoms in total. The highest BCUT2D eigenvalue weighted by Gasteiger charge is 2.16. The Hall–Kier alpha value is -2.83. The number of ether oxygens (including phenoxy) is 1. The Bertz CT molecular complexity index is 777. The molecule has 114 valence electrons. The summed E-state index contributed by atoms with van der Waals surface area (Å²) in [5, 5.41) is 4.35. The third-order valence-electron chi connectivity index (χ3n) is 3.15. The van der Waals surface area contributed by atoms with Gasteiger partial charge in [-0.1, -0.05) is 0 Å². The Balaban J connectivity index is 2.06. The number of benzene rings is 1. The van der Waals surface area contributed by atoms with Crippen molar-refractivity contribution in [2.45, 2.75) is 6.61 Å². The first-order valence-electron chi connectivity index (χ1n) is 6.56. The quantitative estimate of drug-likeness (QED) is 0.754. The van der Waals surface area contributed by atoms with E-state index < -0.39 is 6.61 Å². The van der Waals surface area contributed by atoms with E-state index in [9.17, 15) is 8.78 Å². The first-order chi connectivity index (χ1) is 10.5. The van der Waals surface area contributed by atoms with E-state index in [4.69, 9.17) is 5.73 Å². The van der Waals surface area contributed by atoms with Crippen LogP contribution in [-0.4, -0.2) is 21.0 Å². The van der Waals surface area contributed by atoms with Gasteiger partial charge in [-0.15, -0.1) is 0 Å². The topological polar surface area (TPSA) is 58.0 Å². The standard InChI is InChI=1S/C15H14F2N4O/c1-20-7-6-10(9-20)13-8-14(22-15(16)17)21(19-13)12-4-2-11(18)3-5-12/h2-9,15H,18H2,1H3. The van der Waals surface area contributed by atoms with Crippen LogP contribution in [0.3, 0.4) is 0 Å². The van der Waals surface area contributed by atoms with Gasteiger partial charge >= 0.3 is 6.61 Å². The van der Waals surface area contributed by atoms with Gasteiger partial charge in [-0.05, 0) is 30.3 Å². The third kappa shape index (κ3) is 2.78. The molecule has 0 radical (unpaired) electrons. The zero-order valence-electron chi connectivity index (χ0n) is 11.8. The van der Waals surface area contributed by atoms with Crippen LogP contribution in [0.2, 0.25) is 0 Å². The molecule has 3 rings (SSSR count). The Kier molecular flexibility index (Phi) is 3.54. The molecular weight excluding hydrogens is 290 g/mol. The molecule has 22 heavy (non-hydrogen) atoms. The first kappa shape index (κ1) is 14.1. The minimum absolute atomic E-state index is 0.0291. The number of hydrogen-bond acceptors (Lipinski definition) is 3. The van der Waals surface area contributed by atoms with Crippen LogP contribution >= 0.6 is 0 Å². The summed E-state index contributed by atoms with van der Waals surface area (Å²) in [5.74, 6) is -0.0291. The van der Waals surface area contributed by atoms with Crippen molar-refractivity contribution in [3.05, 3.63) is 48.8 Å². The van der Waals surface area contributed by atoms with Crippen LogP contribution in [0.15, 0.2) is 48.8 Å². The number of hydrogen-bond donors (Lipinski definition) is 1. The lowest BCUT2D eigenvalue weighted by Crippen LogP contribution is -2.07. The maximum absolute atomic E-state index is 12.6. The van der Waals surface area contributed by atoms with Gasteiger partial charge in [0.25, 0.3) is 0 Å². The lowest BCUT2D eigenvalue weighted by Gasteiger charge is -2.08. The van der Waals surface area contributed by atoms with Gasteiger partial charge in [0, 0.05) is 36.8 Å². The van der Waals surface area contributed by atoms with Crippen molar-refractivity contribution in [2.75, 3.05) is 5.73 Å². The molecule has 2 N–H and O–H groups in total. The maximum atomic E-state index is 12.6. The van der Waals surface area contributed by atoms with Gasteiger partial charge < -0.3 is 15.0 Å². The summed E-state index contributed by atoms with van der Waals surface area (Å²) in [6.07, 6.45) is 3.70. The summed E-state index contributed by atoms with van der Waals surface area (Å²) < 4.78 is 33.0. The van der Waals surface area contributed by atoms with Gasteiger partial charge in [-0.3, -0.25) is 0 Å². The average Bonchev–Trinajstić information content (AvgIpc) is 3.06. The van der Waals surface area contributed by atoms with Crippen molar-refractivity contribution >= 4 is 5.69 Å². The number of rotatable bonds is 4. The molecule has 0 amide bonds. The van der Waals surface area contributed by atoms with Crippen molar-refractivity contribution in [3.63, 3.8) is 0 Å². The molecule has 7 heteroatoms. The smallest absolute Gasteiger partial charge is 0.388 e. The zero-order valence-corrected chi connectivity index (χ0v) is 11.8. The van der Waals surface area contributed by atoms with Crippen molar-refractivity contribution in [1.29, 1.82) is 0 Å². The predicted molar refractivity (Wildman–Crippen MR) is 79.0 cm³/mol. The molecule has 0 atom stereocenters. The molecule has 2 aromatic heterocycles. The Morgan fingerprint density at radius 1 is 1.18 bits per heavy atom. The second-order valence-corrected chi connectivity index (χ2v) is 4.82. The van der Waals surface area contributed by atoms with Gasteiger partial charge in [0.2, 0.25) is 5.88 Å². The molecule has 0 aliphatic rings. The highest BCUT2D eigenvalue weighted by atomic mass is 19.3. The molecule has 0 aliphatic carbocycles. The molecule has 0 spiro atoms. The van der Waals surface area contributed by atoms with E-state index in [1.54, 1.807) is 24.3 Å². The fourth-order valence-electron chi connectivity index (χ4n) is 2.14. The number of anilines is 1. The Labute approximate surface area is 125 Å².